The van der Waals surface area contributed by atoms with Gasteiger partial charge in [-0.2, -0.15) is 0 Å². The maximum atomic E-state index is 12.0. The fraction of sp³-hybridized carbons (Fsp3) is 0.562. The van der Waals surface area contributed by atoms with E-state index in [0.717, 1.165) is 30.9 Å². The highest BCUT2D eigenvalue weighted by molar-refractivity contribution is 5.85. The number of hydrogen-bond acceptors (Lipinski definition) is 3. The molecule has 21 heavy (non-hydrogen) atoms. The monoisotopic (exact) mass is 312 g/mol. The summed E-state index contributed by atoms with van der Waals surface area (Å²) in [5.41, 5.74) is 1.13. The van der Waals surface area contributed by atoms with Crippen LogP contribution in [-0.4, -0.2) is 31.6 Å². The summed E-state index contributed by atoms with van der Waals surface area (Å²) < 4.78 is 5.67. The Morgan fingerprint density at radius 2 is 2.33 bits per heavy atom. The van der Waals surface area contributed by atoms with E-state index in [9.17, 15) is 4.79 Å². The lowest BCUT2D eigenvalue weighted by molar-refractivity contribution is -0.127. The smallest absolute Gasteiger partial charge is 0.260 e. The van der Waals surface area contributed by atoms with E-state index in [-0.39, 0.29) is 18.3 Å². The molecule has 0 aliphatic carbocycles. The van der Waals surface area contributed by atoms with Crippen molar-refractivity contribution >= 4 is 18.3 Å². The molecular weight excluding hydrogens is 288 g/mol. The number of ether oxygens (including phenoxy) is 1. The maximum absolute atomic E-state index is 12.0. The fourth-order valence-electron chi connectivity index (χ4n) is 2.43. The topological polar surface area (TPSA) is 50.4 Å². The molecule has 2 N–H and O–H groups in total. The molecule has 1 aromatic carbocycles. The molecule has 0 bridgehead atoms. The molecule has 1 aromatic rings. The first-order valence-electron chi connectivity index (χ1n) is 7.37. The predicted octanol–water partition coefficient (Wildman–Crippen LogP) is 2.30. The van der Waals surface area contributed by atoms with E-state index in [4.69, 9.17) is 4.74 Å². The van der Waals surface area contributed by atoms with Crippen LogP contribution in [-0.2, 0) is 4.79 Å². The van der Waals surface area contributed by atoms with E-state index < -0.39 is 6.10 Å². The van der Waals surface area contributed by atoms with Crippen LogP contribution in [0.1, 0.15) is 25.3 Å². The number of amides is 1. The zero-order valence-electron chi connectivity index (χ0n) is 12.7. The summed E-state index contributed by atoms with van der Waals surface area (Å²) in [4.78, 5) is 12.0. The minimum absolute atomic E-state index is 0. The van der Waals surface area contributed by atoms with Gasteiger partial charge in [0.25, 0.3) is 5.91 Å². The molecule has 0 spiro atoms. The van der Waals surface area contributed by atoms with Crippen molar-refractivity contribution in [1.29, 1.82) is 0 Å². The van der Waals surface area contributed by atoms with Gasteiger partial charge >= 0.3 is 0 Å². The van der Waals surface area contributed by atoms with Crippen LogP contribution in [0.15, 0.2) is 24.3 Å². The van der Waals surface area contributed by atoms with Crippen LogP contribution in [0.5, 0.6) is 5.75 Å². The maximum Gasteiger partial charge on any atom is 0.260 e. The predicted molar refractivity (Wildman–Crippen MR) is 87.1 cm³/mol. The molecule has 2 rings (SSSR count). The summed E-state index contributed by atoms with van der Waals surface area (Å²) in [6.45, 7) is 6.61. The summed E-state index contributed by atoms with van der Waals surface area (Å²) in [5, 5.41) is 6.33. The van der Waals surface area contributed by atoms with Crippen molar-refractivity contribution in [3.63, 3.8) is 0 Å². The highest BCUT2D eigenvalue weighted by Gasteiger charge is 2.18. The van der Waals surface area contributed by atoms with Crippen LogP contribution < -0.4 is 15.4 Å². The standard InChI is InChI=1S/C16H24N2O2.ClH/c1-12-5-3-7-15(9-12)20-13(2)16(19)18-11-14-6-4-8-17-10-14;/h3,5,7,9,13-14,17H,4,6,8,10-11H2,1-2H3,(H,18,19);1H. The lowest BCUT2D eigenvalue weighted by Gasteiger charge is -2.23. The second-order valence-electron chi connectivity index (χ2n) is 5.53. The normalized spacial score (nSPS) is 19.2. The molecule has 2 atom stereocenters. The Morgan fingerprint density at radius 1 is 1.52 bits per heavy atom. The SMILES string of the molecule is Cc1cccc(OC(C)C(=O)NCC2CCCNC2)c1.Cl. The van der Waals surface area contributed by atoms with Crippen LogP contribution in [0.3, 0.4) is 0 Å². The van der Waals surface area contributed by atoms with Gasteiger partial charge in [-0.25, -0.2) is 0 Å². The number of carbonyl (C=O) groups excluding carboxylic acids is 1. The number of rotatable bonds is 5. The summed E-state index contributed by atoms with van der Waals surface area (Å²) in [5.74, 6) is 1.24. The van der Waals surface area contributed by atoms with Gasteiger partial charge in [-0.1, -0.05) is 12.1 Å². The van der Waals surface area contributed by atoms with E-state index in [2.05, 4.69) is 10.6 Å². The molecule has 2 unspecified atom stereocenters. The Labute approximate surface area is 133 Å². The Bertz CT molecular complexity index is 448. The number of halogens is 1. The molecule has 1 aliphatic rings. The van der Waals surface area contributed by atoms with E-state index >= 15 is 0 Å². The molecule has 1 saturated heterocycles. The third-order valence-corrected chi connectivity index (χ3v) is 3.64. The molecule has 118 valence electrons. The van der Waals surface area contributed by atoms with Gasteiger partial charge < -0.3 is 15.4 Å². The first kappa shape index (κ1) is 17.8. The molecule has 5 heteroatoms. The number of nitrogens with one attached hydrogen (secondary N) is 2. The van der Waals surface area contributed by atoms with Crippen LogP contribution >= 0.6 is 12.4 Å². The molecule has 1 fully saturated rings. The zero-order valence-corrected chi connectivity index (χ0v) is 13.5. The lowest BCUT2D eigenvalue weighted by atomic mass is 10.00. The third kappa shape index (κ3) is 5.94. The van der Waals surface area contributed by atoms with E-state index in [1.807, 2.05) is 31.2 Å². The first-order valence-corrected chi connectivity index (χ1v) is 7.37. The Balaban J connectivity index is 0.00000220. The van der Waals surface area contributed by atoms with Crippen molar-refractivity contribution in [2.24, 2.45) is 5.92 Å². The highest BCUT2D eigenvalue weighted by Crippen LogP contribution is 2.14. The van der Waals surface area contributed by atoms with Gasteiger partial charge in [-0.3, -0.25) is 4.79 Å². The quantitative estimate of drug-likeness (QED) is 0.877. The average molecular weight is 313 g/mol. The number of carbonyl (C=O) groups is 1. The minimum Gasteiger partial charge on any atom is -0.481 e. The van der Waals surface area contributed by atoms with Gasteiger partial charge in [0.05, 0.1) is 0 Å². The number of benzene rings is 1. The Morgan fingerprint density at radius 3 is 3.00 bits per heavy atom. The highest BCUT2D eigenvalue weighted by atomic mass is 35.5. The number of hydrogen-bond donors (Lipinski definition) is 2. The molecule has 1 heterocycles. The van der Waals surface area contributed by atoms with Gasteiger partial charge in [-0.05, 0) is 63.4 Å². The van der Waals surface area contributed by atoms with E-state index in [0.29, 0.717) is 5.92 Å². The largest absolute Gasteiger partial charge is 0.481 e. The van der Waals surface area contributed by atoms with Crippen LogP contribution in [0.4, 0.5) is 0 Å². The molecule has 1 amide bonds. The van der Waals surface area contributed by atoms with Crippen LogP contribution in [0, 0.1) is 12.8 Å². The lowest BCUT2D eigenvalue weighted by Crippen LogP contribution is -2.42. The third-order valence-electron chi connectivity index (χ3n) is 3.64. The van der Waals surface area contributed by atoms with Crippen LogP contribution in [0.25, 0.3) is 0 Å². The molecular formula is C16H25ClN2O2. The van der Waals surface area contributed by atoms with Crippen molar-refractivity contribution in [3.8, 4) is 5.75 Å². The number of piperidine rings is 1. The van der Waals surface area contributed by atoms with Gasteiger partial charge in [0.1, 0.15) is 5.75 Å². The minimum atomic E-state index is -0.464. The van der Waals surface area contributed by atoms with Crippen molar-refractivity contribution < 1.29 is 9.53 Å². The summed E-state index contributed by atoms with van der Waals surface area (Å²) in [6, 6.07) is 7.76. The van der Waals surface area contributed by atoms with Crippen molar-refractivity contribution in [3.05, 3.63) is 29.8 Å². The van der Waals surface area contributed by atoms with Gasteiger partial charge in [0, 0.05) is 6.54 Å². The molecule has 4 nitrogen and oxygen atoms in total. The van der Waals surface area contributed by atoms with Crippen molar-refractivity contribution in [1.82, 2.24) is 10.6 Å². The van der Waals surface area contributed by atoms with Gasteiger partial charge in [-0.15, -0.1) is 12.4 Å². The molecule has 1 aliphatic heterocycles. The van der Waals surface area contributed by atoms with Crippen LogP contribution in [0.2, 0.25) is 0 Å². The molecule has 0 radical (unpaired) electrons. The second kappa shape index (κ2) is 8.90. The van der Waals surface area contributed by atoms with Crippen molar-refractivity contribution in [2.75, 3.05) is 19.6 Å². The average Bonchev–Trinajstić information content (AvgIpc) is 2.46. The summed E-state index contributed by atoms with van der Waals surface area (Å²) in [6.07, 6.45) is 1.91. The summed E-state index contributed by atoms with van der Waals surface area (Å²) in [7, 11) is 0. The Hall–Kier alpha value is -1.26. The zero-order chi connectivity index (χ0) is 14.4. The molecule has 0 saturated carbocycles. The van der Waals surface area contributed by atoms with E-state index in [1.165, 1.54) is 12.8 Å². The van der Waals surface area contributed by atoms with Crippen molar-refractivity contribution in [2.45, 2.75) is 32.8 Å². The number of aryl methyl sites for hydroxylation is 1. The second-order valence-corrected chi connectivity index (χ2v) is 5.53. The molecule has 0 aromatic heterocycles. The van der Waals surface area contributed by atoms with Gasteiger partial charge in [0.15, 0.2) is 6.10 Å². The van der Waals surface area contributed by atoms with E-state index in [1.54, 1.807) is 6.92 Å². The van der Waals surface area contributed by atoms with Gasteiger partial charge in [0.2, 0.25) is 0 Å². The Kier molecular flexibility index (Phi) is 7.54. The fourth-order valence-corrected chi connectivity index (χ4v) is 2.43. The summed E-state index contributed by atoms with van der Waals surface area (Å²) >= 11 is 0. The first-order chi connectivity index (χ1) is 9.65.